The lowest BCUT2D eigenvalue weighted by atomic mass is 10.7. The van der Waals surface area contributed by atoms with Gasteiger partial charge in [0.15, 0.2) is 4.99 Å². The number of carboxylic acid groups (broad SMARTS) is 1. The minimum atomic E-state index is -1.30. The summed E-state index contributed by atoms with van der Waals surface area (Å²) in [5.74, 6) is -1.30. The van der Waals surface area contributed by atoms with Crippen LogP contribution in [0, 0.1) is 0 Å². The number of nitrogens with one attached hydrogen (secondary N) is 1. The number of carbonyl (C=O) groups is 2. The van der Waals surface area contributed by atoms with Crippen molar-refractivity contribution < 1.29 is 14.7 Å². The van der Waals surface area contributed by atoms with E-state index in [1.807, 2.05) is 0 Å². The van der Waals surface area contributed by atoms with E-state index in [4.69, 9.17) is 5.11 Å². The quantitative estimate of drug-likeness (QED) is 0.361. The second-order valence-corrected chi connectivity index (χ2v) is 1.30. The fourth-order valence-corrected chi connectivity index (χ4v) is 0.163. The molecule has 0 radical (unpaired) electrons. The van der Waals surface area contributed by atoms with Crippen LogP contribution in [0.5, 0.6) is 0 Å². The van der Waals surface area contributed by atoms with E-state index >= 15 is 0 Å². The Kier molecular flexibility index (Phi) is 2.71. The fraction of sp³-hybridized carbons (Fsp3) is 0. The number of thiocarbonyl (C=S) groups is 1. The third-order valence-corrected chi connectivity index (χ3v) is 0.677. The van der Waals surface area contributed by atoms with E-state index in [-0.39, 0.29) is 6.41 Å². The molecule has 0 aliphatic rings. The molecule has 0 heterocycles. The first-order valence-corrected chi connectivity index (χ1v) is 2.06. The average molecular weight is 133 g/mol. The predicted octanol–water partition coefficient (Wildman–Crippen LogP) is -0.856. The molecule has 0 aliphatic carbocycles. The van der Waals surface area contributed by atoms with Crippen molar-refractivity contribution in [3.8, 4) is 0 Å². The molecule has 0 rings (SSSR count). The Bertz CT molecular complexity index is 132. The van der Waals surface area contributed by atoms with Gasteiger partial charge in [-0.05, 0) is 0 Å². The van der Waals surface area contributed by atoms with Gasteiger partial charge < -0.3 is 10.4 Å². The van der Waals surface area contributed by atoms with Crippen LogP contribution in [0.2, 0.25) is 0 Å². The van der Waals surface area contributed by atoms with Crippen molar-refractivity contribution in [3.63, 3.8) is 0 Å². The summed E-state index contributed by atoms with van der Waals surface area (Å²) in [6.07, 6.45) is 0.219. The van der Waals surface area contributed by atoms with E-state index in [0.29, 0.717) is 0 Å². The summed E-state index contributed by atoms with van der Waals surface area (Å²) >= 11 is 4.14. The third-order valence-electron chi connectivity index (χ3n) is 0.384. The minimum absolute atomic E-state index is 0.219. The van der Waals surface area contributed by atoms with E-state index < -0.39 is 11.0 Å². The van der Waals surface area contributed by atoms with Crippen molar-refractivity contribution in [2.24, 2.45) is 0 Å². The highest BCUT2D eigenvalue weighted by molar-refractivity contribution is 7.82. The summed E-state index contributed by atoms with van der Waals surface area (Å²) in [4.78, 5) is 18.7. The van der Waals surface area contributed by atoms with Gasteiger partial charge in [0.1, 0.15) is 0 Å². The molecule has 0 bridgehead atoms. The highest BCUT2D eigenvalue weighted by atomic mass is 32.1. The Morgan fingerprint density at radius 2 is 2.25 bits per heavy atom. The monoisotopic (exact) mass is 133 g/mol. The lowest BCUT2D eigenvalue weighted by Gasteiger charge is -1.88. The van der Waals surface area contributed by atoms with Gasteiger partial charge in [0.25, 0.3) is 0 Å². The molecule has 0 saturated carbocycles. The second-order valence-electron chi connectivity index (χ2n) is 0.896. The van der Waals surface area contributed by atoms with Gasteiger partial charge >= 0.3 is 5.97 Å². The van der Waals surface area contributed by atoms with Gasteiger partial charge in [0.05, 0.1) is 0 Å². The van der Waals surface area contributed by atoms with Crippen molar-refractivity contribution >= 4 is 29.6 Å². The summed E-state index contributed by atoms with van der Waals surface area (Å²) in [5, 5.41) is 9.75. The van der Waals surface area contributed by atoms with Gasteiger partial charge in [0.2, 0.25) is 6.41 Å². The molecule has 0 fully saturated rings. The molecule has 1 amide bonds. The van der Waals surface area contributed by atoms with E-state index in [9.17, 15) is 9.59 Å². The van der Waals surface area contributed by atoms with Gasteiger partial charge in [-0.3, -0.25) is 4.79 Å². The van der Waals surface area contributed by atoms with Crippen molar-refractivity contribution in [2.75, 3.05) is 0 Å². The molecule has 5 heteroatoms. The molecule has 8 heavy (non-hydrogen) atoms. The maximum atomic E-state index is 9.73. The lowest BCUT2D eigenvalue weighted by Crippen LogP contribution is -2.27. The summed E-state index contributed by atoms with van der Waals surface area (Å²) in [6.45, 7) is 0. The predicted molar refractivity (Wildman–Crippen MR) is 29.4 cm³/mol. The standard InChI is InChI=1S/C3H3NO3S/c5-1-4-2(8)3(6)7/h1H,(H,6,7)(H,4,5,8). The molecule has 0 aromatic carbocycles. The highest BCUT2D eigenvalue weighted by Gasteiger charge is 2.01. The Hall–Kier alpha value is -0.970. The molecular weight excluding hydrogens is 130 g/mol. The van der Waals surface area contributed by atoms with Crippen LogP contribution in [0.3, 0.4) is 0 Å². The van der Waals surface area contributed by atoms with Gasteiger partial charge in [-0.25, -0.2) is 4.79 Å². The topological polar surface area (TPSA) is 66.4 Å². The van der Waals surface area contributed by atoms with Crippen molar-refractivity contribution in [2.45, 2.75) is 0 Å². The zero-order chi connectivity index (χ0) is 6.57. The molecule has 0 aromatic rings. The summed E-state index contributed by atoms with van der Waals surface area (Å²) in [7, 11) is 0. The molecule has 0 aliphatic heterocycles. The largest absolute Gasteiger partial charge is 0.476 e. The van der Waals surface area contributed by atoms with Gasteiger partial charge in [-0.2, -0.15) is 0 Å². The summed E-state index contributed by atoms with van der Waals surface area (Å²) in [5.41, 5.74) is 0. The SMILES string of the molecule is O=CNC(=S)C(=O)O. The zero-order valence-corrected chi connectivity index (χ0v) is 4.57. The number of hydrogen-bond donors (Lipinski definition) is 2. The molecule has 0 unspecified atom stereocenters. The molecule has 2 N–H and O–H groups in total. The molecule has 0 saturated heterocycles. The van der Waals surface area contributed by atoms with E-state index in [1.165, 1.54) is 0 Å². The van der Waals surface area contributed by atoms with E-state index in [0.717, 1.165) is 0 Å². The Labute approximate surface area is 50.5 Å². The van der Waals surface area contributed by atoms with Crippen LogP contribution in [0.25, 0.3) is 0 Å². The van der Waals surface area contributed by atoms with Gasteiger partial charge in [-0.1, -0.05) is 12.2 Å². The van der Waals surface area contributed by atoms with Gasteiger partial charge in [-0.15, -0.1) is 0 Å². The molecule has 4 nitrogen and oxygen atoms in total. The minimum Gasteiger partial charge on any atom is -0.476 e. The van der Waals surface area contributed by atoms with Crippen LogP contribution in [0.1, 0.15) is 0 Å². The third kappa shape index (κ3) is 2.25. The van der Waals surface area contributed by atoms with Crippen LogP contribution in [-0.2, 0) is 9.59 Å². The molecule has 0 spiro atoms. The highest BCUT2D eigenvalue weighted by Crippen LogP contribution is 1.66. The Morgan fingerprint density at radius 1 is 1.75 bits per heavy atom. The van der Waals surface area contributed by atoms with Crippen molar-refractivity contribution in [1.82, 2.24) is 5.32 Å². The van der Waals surface area contributed by atoms with E-state index in [2.05, 4.69) is 12.2 Å². The zero-order valence-electron chi connectivity index (χ0n) is 3.75. The molecule has 0 aromatic heterocycles. The first-order chi connectivity index (χ1) is 3.68. The van der Waals surface area contributed by atoms with E-state index in [1.54, 1.807) is 5.32 Å². The first kappa shape index (κ1) is 7.03. The van der Waals surface area contributed by atoms with Crippen LogP contribution in [-0.4, -0.2) is 22.5 Å². The first-order valence-electron chi connectivity index (χ1n) is 1.66. The van der Waals surface area contributed by atoms with Crippen LogP contribution in [0.4, 0.5) is 0 Å². The molecule has 44 valence electrons. The average Bonchev–Trinajstić information content (AvgIpc) is 1.67. The second kappa shape index (κ2) is 3.09. The summed E-state index contributed by atoms with van der Waals surface area (Å²) in [6, 6.07) is 0. The Balaban J connectivity index is 3.65. The number of carboxylic acids is 1. The van der Waals surface area contributed by atoms with Crippen molar-refractivity contribution in [3.05, 3.63) is 0 Å². The smallest absolute Gasteiger partial charge is 0.363 e. The number of aliphatic carboxylic acids is 1. The van der Waals surface area contributed by atoms with Crippen LogP contribution < -0.4 is 5.32 Å². The maximum absolute atomic E-state index is 9.73. The summed E-state index contributed by atoms with van der Waals surface area (Å²) < 4.78 is 0. The van der Waals surface area contributed by atoms with Gasteiger partial charge in [0, 0.05) is 0 Å². The number of hydrogen-bond acceptors (Lipinski definition) is 3. The molecule has 0 atom stereocenters. The fourth-order valence-electron chi connectivity index (χ4n) is 0.115. The molecular formula is C3H3NO3S. The van der Waals surface area contributed by atoms with Crippen LogP contribution >= 0.6 is 12.2 Å². The Morgan fingerprint density at radius 3 is 2.38 bits per heavy atom. The number of amides is 1. The van der Waals surface area contributed by atoms with Crippen LogP contribution in [0.15, 0.2) is 0 Å². The maximum Gasteiger partial charge on any atom is 0.363 e. The number of rotatable bonds is 1. The normalized spacial score (nSPS) is 7.50. The van der Waals surface area contributed by atoms with Crippen molar-refractivity contribution in [1.29, 1.82) is 0 Å². The number of carbonyl (C=O) groups excluding carboxylic acids is 1. The lowest BCUT2D eigenvalue weighted by molar-refractivity contribution is -0.129.